The van der Waals surface area contributed by atoms with Gasteiger partial charge in [-0.15, -0.1) is 0 Å². The number of aryl methyl sites for hydroxylation is 2. The van der Waals surface area contributed by atoms with Crippen molar-refractivity contribution in [2.45, 2.75) is 19.5 Å². The molecule has 3 aromatic heterocycles. The number of halogens is 1. The van der Waals surface area contributed by atoms with Crippen molar-refractivity contribution in [3.8, 4) is 6.07 Å². The van der Waals surface area contributed by atoms with Crippen LogP contribution in [0.1, 0.15) is 18.1 Å². The number of benzene rings is 1. The third-order valence-corrected chi connectivity index (χ3v) is 5.82. The lowest BCUT2D eigenvalue weighted by Crippen LogP contribution is -2.37. The number of anilines is 3. The molecule has 0 unspecified atom stereocenters. The van der Waals surface area contributed by atoms with Gasteiger partial charge in [0.15, 0.2) is 0 Å². The number of pyridine rings is 2. The molecule has 3 N–H and O–H groups in total. The van der Waals surface area contributed by atoms with Crippen LogP contribution in [0.3, 0.4) is 0 Å². The molecule has 1 atom stereocenters. The van der Waals surface area contributed by atoms with Gasteiger partial charge >= 0.3 is 0 Å². The van der Waals surface area contributed by atoms with Gasteiger partial charge in [0.2, 0.25) is 5.91 Å². The highest BCUT2D eigenvalue weighted by Gasteiger charge is 2.17. The number of carbonyl (C=O) groups is 1. The molecular formula is C24H23ClN8O2. The zero-order valence-electron chi connectivity index (χ0n) is 19.3. The van der Waals surface area contributed by atoms with Gasteiger partial charge in [0, 0.05) is 55.7 Å². The summed E-state index contributed by atoms with van der Waals surface area (Å²) < 4.78 is 3.17. The van der Waals surface area contributed by atoms with E-state index in [9.17, 15) is 14.9 Å². The number of nitrogens with zero attached hydrogens (tertiary/aromatic N) is 5. The van der Waals surface area contributed by atoms with Gasteiger partial charge in [-0.2, -0.15) is 10.4 Å². The number of rotatable bonds is 7. The van der Waals surface area contributed by atoms with E-state index in [0.717, 1.165) is 10.9 Å². The summed E-state index contributed by atoms with van der Waals surface area (Å²) in [4.78, 5) is 29.4. The fourth-order valence-electron chi connectivity index (χ4n) is 3.75. The van der Waals surface area contributed by atoms with Crippen LogP contribution in [0.15, 0.2) is 53.7 Å². The summed E-state index contributed by atoms with van der Waals surface area (Å²) in [6.07, 6.45) is 5.01. The van der Waals surface area contributed by atoms with Crippen molar-refractivity contribution < 1.29 is 4.79 Å². The number of para-hydroxylation sites is 1. The topological polar surface area (TPSA) is 130 Å². The van der Waals surface area contributed by atoms with E-state index < -0.39 is 6.04 Å². The van der Waals surface area contributed by atoms with Crippen LogP contribution >= 0.6 is 11.6 Å². The Hall–Kier alpha value is -4.36. The van der Waals surface area contributed by atoms with Gasteiger partial charge in [-0.05, 0) is 19.1 Å². The number of nitrogens with one attached hydrogen (secondary N) is 3. The first kappa shape index (κ1) is 23.8. The standard InChI is InChI=1S/C24H23ClN8O2/c1-14(24(35)28-11-15-12-29-32(2)13-15)30-20-9-21(34)33(3)22-16(20)5-4-6-19(22)31-18-7-8-27-23(25)17(18)10-26/h4-9,12-14,30H,11H2,1-3H3,(H,27,31)(H,28,35)/t14-/m1/s1. The van der Waals surface area contributed by atoms with Crippen molar-refractivity contribution in [1.82, 2.24) is 24.6 Å². The van der Waals surface area contributed by atoms with Crippen LogP contribution in [-0.2, 0) is 25.4 Å². The van der Waals surface area contributed by atoms with Crippen molar-refractivity contribution in [2.24, 2.45) is 14.1 Å². The quantitative estimate of drug-likeness (QED) is 0.339. The third-order valence-electron chi connectivity index (χ3n) is 5.54. The molecule has 10 nitrogen and oxygen atoms in total. The fraction of sp³-hybridized carbons (Fsp3) is 0.208. The minimum atomic E-state index is -0.609. The van der Waals surface area contributed by atoms with Gasteiger partial charge < -0.3 is 20.5 Å². The van der Waals surface area contributed by atoms with Crippen LogP contribution in [0, 0.1) is 11.3 Å². The Morgan fingerprint density at radius 3 is 2.74 bits per heavy atom. The van der Waals surface area contributed by atoms with E-state index in [1.54, 1.807) is 37.0 Å². The van der Waals surface area contributed by atoms with Crippen LogP contribution < -0.4 is 21.5 Å². The molecule has 1 amide bonds. The average molecular weight is 491 g/mol. The molecule has 0 spiro atoms. The maximum absolute atomic E-state index is 12.8. The molecule has 4 rings (SSSR count). The summed E-state index contributed by atoms with van der Waals surface area (Å²) in [6, 6.07) is 10.0. The maximum atomic E-state index is 12.8. The van der Waals surface area contributed by atoms with E-state index >= 15 is 0 Å². The van der Waals surface area contributed by atoms with E-state index in [0.29, 0.717) is 29.1 Å². The summed E-state index contributed by atoms with van der Waals surface area (Å²) >= 11 is 6.07. The first-order valence-electron chi connectivity index (χ1n) is 10.7. The summed E-state index contributed by atoms with van der Waals surface area (Å²) in [5.41, 5.74) is 3.00. The Morgan fingerprint density at radius 1 is 1.23 bits per heavy atom. The van der Waals surface area contributed by atoms with E-state index in [2.05, 4.69) is 26.0 Å². The van der Waals surface area contributed by atoms with Gasteiger partial charge in [0.05, 0.1) is 23.1 Å². The molecular weight excluding hydrogens is 468 g/mol. The summed E-state index contributed by atoms with van der Waals surface area (Å²) in [5, 5.41) is 23.6. The van der Waals surface area contributed by atoms with Gasteiger partial charge in [0.25, 0.3) is 5.56 Å². The lowest BCUT2D eigenvalue weighted by molar-refractivity contribution is -0.121. The predicted octanol–water partition coefficient (Wildman–Crippen LogP) is 3.05. The smallest absolute Gasteiger partial charge is 0.252 e. The predicted molar refractivity (Wildman–Crippen MR) is 135 cm³/mol. The normalized spacial score (nSPS) is 11.6. The number of fused-ring (bicyclic) bond motifs is 1. The second-order valence-corrected chi connectivity index (χ2v) is 8.38. The number of amides is 1. The van der Waals surface area contributed by atoms with Crippen LogP contribution in [0.2, 0.25) is 5.15 Å². The highest BCUT2D eigenvalue weighted by Crippen LogP contribution is 2.32. The molecule has 0 saturated heterocycles. The number of aromatic nitrogens is 4. The van der Waals surface area contributed by atoms with E-state index in [-0.39, 0.29) is 22.2 Å². The first-order chi connectivity index (χ1) is 16.8. The van der Waals surface area contributed by atoms with Crippen LogP contribution in [0.25, 0.3) is 10.9 Å². The Kier molecular flexibility index (Phi) is 6.71. The molecule has 3 heterocycles. The number of nitriles is 1. The summed E-state index contributed by atoms with van der Waals surface area (Å²) in [7, 11) is 3.47. The van der Waals surface area contributed by atoms with Gasteiger partial charge in [0.1, 0.15) is 22.8 Å². The van der Waals surface area contributed by atoms with Crippen molar-refractivity contribution in [3.63, 3.8) is 0 Å². The molecule has 11 heteroatoms. The minimum absolute atomic E-state index is 0.0834. The Morgan fingerprint density at radius 2 is 2.03 bits per heavy atom. The summed E-state index contributed by atoms with van der Waals surface area (Å²) in [5.74, 6) is -0.220. The number of hydrogen-bond donors (Lipinski definition) is 3. The van der Waals surface area contributed by atoms with Gasteiger partial charge in [-0.1, -0.05) is 23.7 Å². The van der Waals surface area contributed by atoms with Crippen LogP contribution in [0.4, 0.5) is 17.1 Å². The largest absolute Gasteiger partial charge is 0.373 e. The van der Waals surface area contributed by atoms with Crippen molar-refractivity contribution in [2.75, 3.05) is 10.6 Å². The monoisotopic (exact) mass is 490 g/mol. The molecule has 178 valence electrons. The first-order valence-corrected chi connectivity index (χ1v) is 11.1. The van der Waals surface area contributed by atoms with Crippen molar-refractivity contribution in [3.05, 3.63) is 75.6 Å². The van der Waals surface area contributed by atoms with Crippen LogP contribution in [-0.4, -0.2) is 31.3 Å². The highest BCUT2D eigenvalue weighted by molar-refractivity contribution is 6.31. The lowest BCUT2D eigenvalue weighted by atomic mass is 10.1. The molecule has 0 aliphatic rings. The molecule has 0 bridgehead atoms. The van der Waals surface area contributed by atoms with Crippen LogP contribution in [0.5, 0.6) is 0 Å². The van der Waals surface area contributed by atoms with Crippen molar-refractivity contribution in [1.29, 1.82) is 5.26 Å². The fourth-order valence-corrected chi connectivity index (χ4v) is 3.95. The number of carbonyl (C=O) groups excluding carboxylic acids is 1. The molecule has 0 aliphatic heterocycles. The summed E-state index contributed by atoms with van der Waals surface area (Å²) in [6.45, 7) is 2.07. The average Bonchev–Trinajstić information content (AvgIpc) is 3.26. The van der Waals surface area contributed by atoms with E-state index in [4.69, 9.17) is 11.6 Å². The number of hydrogen-bond acceptors (Lipinski definition) is 7. The zero-order chi connectivity index (χ0) is 25.1. The highest BCUT2D eigenvalue weighted by atomic mass is 35.5. The maximum Gasteiger partial charge on any atom is 0.252 e. The Labute approximate surface area is 206 Å². The van der Waals surface area contributed by atoms with E-state index in [1.165, 1.54) is 16.8 Å². The molecule has 0 saturated carbocycles. The third kappa shape index (κ3) is 4.95. The van der Waals surface area contributed by atoms with Gasteiger partial charge in [-0.3, -0.25) is 14.3 Å². The van der Waals surface area contributed by atoms with Crippen molar-refractivity contribution >= 4 is 45.5 Å². The molecule has 0 radical (unpaired) electrons. The SMILES string of the molecule is C[C@@H](Nc1cc(=O)n(C)c2c(Nc3ccnc(Cl)c3C#N)cccc12)C(=O)NCc1cnn(C)c1. The molecule has 35 heavy (non-hydrogen) atoms. The lowest BCUT2D eigenvalue weighted by Gasteiger charge is -2.19. The Bertz CT molecular complexity index is 1520. The minimum Gasteiger partial charge on any atom is -0.373 e. The Balaban J connectivity index is 1.64. The zero-order valence-corrected chi connectivity index (χ0v) is 20.1. The molecule has 0 fully saturated rings. The van der Waals surface area contributed by atoms with Gasteiger partial charge in [-0.25, -0.2) is 4.98 Å². The second kappa shape index (κ2) is 9.87. The molecule has 1 aromatic carbocycles. The second-order valence-electron chi connectivity index (χ2n) is 8.02. The molecule has 4 aromatic rings. The van der Waals surface area contributed by atoms with E-state index in [1.807, 2.05) is 31.4 Å². The molecule has 0 aliphatic carbocycles.